The first-order chi connectivity index (χ1) is 12.7. The molecule has 0 bridgehead atoms. The van der Waals surface area contributed by atoms with Gasteiger partial charge in [-0.1, -0.05) is 30.3 Å². The topological polar surface area (TPSA) is 53.4 Å². The lowest BCUT2D eigenvalue weighted by atomic mass is 10.1. The Kier molecular flexibility index (Phi) is 3.65. The van der Waals surface area contributed by atoms with Gasteiger partial charge in [0, 0.05) is 28.6 Å². The number of aliphatic hydroxyl groups is 1. The quantitative estimate of drug-likeness (QED) is 0.412. The fraction of sp³-hybridized carbons (Fsp3) is 0.238. The van der Waals surface area contributed by atoms with E-state index >= 15 is 0 Å². The van der Waals surface area contributed by atoms with E-state index in [-0.39, 0.29) is 11.5 Å². The van der Waals surface area contributed by atoms with Crippen LogP contribution in [-0.2, 0) is 0 Å². The Morgan fingerprint density at radius 2 is 1.69 bits per heavy atom. The highest BCUT2D eigenvalue weighted by Gasteiger charge is 2.22. The second kappa shape index (κ2) is 6.04. The molecule has 1 fully saturated rings. The highest BCUT2D eigenvalue weighted by atomic mass is 32.1. The first-order valence-electron chi connectivity index (χ1n) is 8.90. The molecular formula is C21H18N2O2S. The molecule has 4 aromatic rings. The fourth-order valence-electron chi connectivity index (χ4n) is 3.78. The summed E-state index contributed by atoms with van der Waals surface area (Å²) in [5, 5.41) is 12.3. The number of pyridine rings is 1. The van der Waals surface area contributed by atoms with Gasteiger partial charge < -0.3 is 10.0 Å². The Morgan fingerprint density at radius 3 is 2.50 bits per heavy atom. The number of hydrogen-bond donors (Lipinski definition) is 1. The molecular weight excluding hydrogens is 344 g/mol. The van der Waals surface area contributed by atoms with Crippen LogP contribution in [0.15, 0.2) is 53.3 Å². The zero-order valence-electron chi connectivity index (χ0n) is 14.2. The van der Waals surface area contributed by atoms with Crippen molar-refractivity contribution in [2.75, 3.05) is 18.0 Å². The van der Waals surface area contributed by atoms with Crippen molar-refractivity contribution in [3.63, 3.8) is 0 Å². The minimum absolute atomic E-state index is 0.0752. The summed E-state index contributed by atoms with van der Waals surface area (Å²) in [4.78, 5) is 20.4. The maximum atomic E-state index is 13.3. The van der Waals surface area contributed by atoms with E-state index in [4.69, 9.17) is 4.98 Å². The molecule has 0 spiro atoms. The summed E-state index contributed by atoms with van der Waals surface area (Å²) in [6, 6.07) is 15.7. The minimum atomic E-state index is -0.238. The van der Waals surface area contributed by atoms with E-state index in [2.05, 4.69) is 4.90 Å². The third-order valence-corrected chi connectivity index (χ3v) is 6.33. The first-order valence-corrected chi connectivity index (χ1v) is 9.71. The van der Waals surface area contributed by atoms with E-state index in [1.807, 2.05) is 48.5 Å². The van der Waals surface area contributed by atoms with Gasteiger partial charge in [0.25, 0.3) is 0 Å². The first kappa shape index (κ1) is 15.7. The zero-order chi connectivity index (χ0) is 17.7. The third kappa shape index (κ3) is 2.39. The summed E-state index contributed by atoms with van der Waals surface area (Å²) in [6.45, 7) is 1.52. The smallest absolute Gasteiger partial charge is 0.196 e. The summed E-state index contributed by atoms with van der Waals surface area (Å²) in [5.74, 6) is 0.874. The van der Waals surface area contributed by atoms with Crippen LogP contribution in [0.2, 0.25) is 0 Å². The SMILES string of the molecule is O=c1c2ccccc2sc2c(N3CCC(O)CC3)nc3ccccc3c12. The molecule has 1 aliphatic heterocycles. The molecule has 1 N–H and O–H groups in total. The van der Waals surface area contributed by atoms with Crippen LogP contribution in [0.25, 0.3) is 31.1 Å². The second-order valence-corrected chi connectivity index (χ2v) is 7.85. The number of para-hydroxylation sites is 1. The Morgan fingerprint density at radius 1 is 1.00 bits per heavy atom. The average molecular weight is 362 g/mol. The van der Waals surface area contributed by atoms with Crippen molar-refractivity contribution in [3.8, 4) is 0 Å². The predicted octanol–water partition coefficient (Wildman–Crippen LogP) is 3.92. The number of piperidine rings is 1. The highest BCUT2D eigenvalue weighted by molar-refractivity contribution is 7.25. The lowest BCUT2D eigenvalue weighted by molar-refractivity contribution is 0.145. The number of benzene rings is 2. The van der Waals surface area contributed by atoms with E-state index in [0.717, 1.165) is 62.8 Å². The molecule has 2 aromatic heterocycles. The predicted molar refractivity (Wildman–Crippen MR) is 108 cm³/mol. The number of aliphatic hydroxyl groups excluding tert-OH is 1. The van der Waals surface area contributed by atoms with Crippen molar-refractivity contribution >= 4 is 48.2 Å². The number of nitrogens with zero attached hydrogens (tertiary/aromatic N) is 2. The van der Waals surface area contributed by atoms with E-state index in [1.54, 1.807) is 11.3 Å². The summed E-state index contributed by atoms with van der Waals surface area (Å²) >= 11 is 1.63. The van der Waals surface area contributed by atoms with E-state index < -0.39 is 0 Å². The van der Waals surface area contributed by atoms with Crippen molar-refractivity contribution in [1.82, 2.24) is 4.98 Å². The number of aromatic nitrogens is 1. The van der Waals surface area contributed by atoms with Crippen LogP contribution in [-0.4, -0.2) is 29.3 Å². The second-order valence-electron chi connectivity index (χ2n) is 6.80. The van der Waals surface area contributed by atoms with Crippen LogP contribution in [0.5, 0.6) is 0 Å². The molecule has 26 heavy (non-hydrogen) atoms. The molecule has 0 atom stereocenters. The number of hydrogen-bond acceptors (Lipinski definition) is 5. The lowest BCUT2D eigenvalue weighted by Gasteiger charge is -2.31. The van der Waals surface area contributed by atoms with E-state index in [1.165, 1.54) is 0 Å². The van der Waals surface area contributed by atoms with Crippen LogP contribution in [0, 0.1) is 0 Å². The van der Waals surface area contributed by atoms with E-state index in [9.17, 15) is 9.90 Å². The molecule has 0 aliphatic carbocycles. The maximum absolute atomic E-state index is 13.3. The summed E-state index contributed by atoms with van der Waals surface area (Å²) in [6.07, 6.45) is 1.23. The van der Waals surface area contributed by atoms with Gasteiger partial charge in [0.15, 0.2) is 5.43 Å². The van der Waals surface area contributed by atoms with Gasteiger partial charge in [0.2, 0.25) is 0 Å². The Balaban J connectivity index is 1.90. The van der Waals surface area contributed by atoms with Crippen molar-refractivity contribution in [1.29, 1.82) is 0 Å². The highest BCUT2D eigenvalue weighted by Crippen LogP contribution is 2.36. The standard InChI is InChI=1S/C21H18N2O2S/c24-13-9-11-23(12-10-13)21-20-18(14-5-1-3-7-16(14)22-21)19(25)15-6-2-4-8-17(15)26-20/h1-8,13,24H,9-12H2. The van der Waals surface area contributed by atoms with Crippen molar-refractivity contribution in [2.24, 2.45) is 0 Å². The van der Waals surface area contributed by atoms with Crippen LogP contribution in [0.4, 0.5) is 5.82 Å². The van der Waals surface area contributed by atoms with Crippen LogP contribution in [0.3, 0.4) is 0 Å². The normalized spacial score (nSPS) is 16.0. The number of fused-ring (bicyclic) bond motifs is 4. The molecule has 0 radical (unpaired) electrons. The van der Waals surface area contributed by atoms with Crippen molar-refractivity contribution in [2.45, 2.75) is 18.9 Å². The zero-order valence-corrected chi connectivity index (χ0v) is 15.0. The summed E-state index contributed by atoms with van der Waals surface area (Å²) in [7, 11) is 0. The number of anilines is 1. The van der Waals surface area contributed by atoms with Gasteiger partial charge in [-0.15, -0.1) is 11.3 Å². The molecule has 0 saturated carbocycles. The van der Waals surface area contributed by atoms with Gasteiger partial charge in [-0.3, -0.25) is 4.79 Å². The number of rotatable bonds is 1. The minimum Gasteiger partial charge on any atom is -0.393 e. The molecule has 1 saturated heterocycles. The molecule has 1 aliphatic rings. The molecule has 5 rings (SSSR count). The van der Waals surface area contributed by atoms with Crippen LogP contribution in [0.1, 0.15) is 12.8 Å². The van der Waals surface area contributed by atoms with Crippen molar-refractivity contribution < 1.29 is 5.11 Å². The van der Waals surface area contributed by atoms with Gasteiger partial charge >= 0.3 is 0 Å². The van der Waals surface area contributed by atoms with Crippen LogP contribution < -0.4 is 10.3 Å². The molecule has 2 aromatic carbocycles. The average Bonchev–Trinajstić information content (AvgIpc) is 2.68. The van der Waals surface area contributed by atoms with Gasteiger partial charge in [0.1, 0.15) is 5.82 Å². The molecule has 0 amide bonds. The fourth-order valence-corrected chi connectivity index (χ4v) is 4.99. The Bertz CT molecular complexity index is 1190. The largest absolute Gasteiger partial charge is 0.393 e. The molecule has 5 heteroatoms. The third-order valence-electron chi connectivity index (χ3n) is 5.16. The van der Waals surface area contributed by atoms with Crippen LogP contribution >= 0.6 is 11.3 Å². The Hall–Kier alpha value is -2.50. The van der Waals surface area contributed by atoms with Gasteiger partial charge in [0.05, 0.1) is 21.7 Å². The summed E-state index contributed by atoms with van der Waals surface area (Å²) < 4.78 is 1.93. The van der Waals surface area contributed by atoms with Crippen molar-refractivity contribution in [3.05, 3.63) is 58.8 Å². The van der Waals surface area contributed by atoms with E-state index in [0.29, 0.717) is 0 Å². The Labute approximate surface area is 154 Å². The van der Waals surface area contributed by atoms with Gasteiger partial charge in [-0.05, 0) is 31.0 Å². The van der Waals surface area contributed by atoms with Gasteiger partial charge in [-0.25, -0.2) is 4.98 Å². The monoisotopic (exact) mass is 362 g/mol. The molecule has 130 valence electrons. The maximum Gasteiger partial charge on any atom is 0.196 e. The molecule has 4 nitrogen and oxygen atoms in total. The molecule has 3 heterocycles. The van der Waals surface area contributed by atoms with Gasteiger partial charge in [-0.2, -0.15) is 0 Å². The molecule has 0 unspecified atom stereocenters. The lowest BCUT2D eigenvalue weighted by Crippen LogP contribution is -2.36. The summed E-state index contributed by atoms with van der Waals surface area (Å²) in [5.41, 5.74) is 0.923.